The molecule has 1 saturated heterocycles. The first-order valence-corrected chi connectivity index (χ1v) is 13.3. The van der Waals surface area contributed by atoms with Crippen LogP contribution in [0.4, 0.5) is 0 Å². The summed E-state index contributed by atoms with van der Waals surface area (Å²) < 4.78 is 6.02. The number of hydrogen-bond donors (Lipinski definition) is 3. The van der Waals surface area contributed by atoms with Crippen LogP contribution in [0.3, 0.4) is 0 Å². The second-order valence-electron chi connectivity index (χ2n) is 10.2. The minimum atomic E-state index is -0.918. The van der Waals surface area contributed by atoms with Crippen molar-refractivity contribution >= 4 is 17.9 Å². The van der Waals surface area contributed by atoms with Crippen molar-refractivity contribution in [1.29, 1.82) is 0 Å². The zero-order chi connectivity index (χ0) is 27.2. The van der Waals surface area contributed by atoms with Gasteiger partial charge in [-0.1, -0.05) is 55.0 Å². The maximum Gasteiger partial charge on any atom is 0.233 e. The fourth-order valence-electron chi connectivity index (χ4n) is 5.76. The number of likely N-dealkylation sites (tertiary alicyclic amines) is 1. The second kappa shape index (κ2) is 12.4. The van der Waals surface area contributed by atoms with Crippen molar-refractivity contribution in [2.45, 2.75) is 45.6 Å². The first-order valence-electron chi connectivity index (χ1n) is 13.3. The second-order valence-corrected chi connectivity index (χ2v) is 10.2. The van der Waals surface area contributed by atoms with Crippen LogP contribution < -0.4 is 4.74 Å². The number of allylic oxidation sites excluding steroid dienone is 1. The highest BCUT2D eigenvalue weighted by Gasteiger charge is 2.54. The number of aromatic hydroxyl groups is 1. The summed E-state index contributed by atoms with van der Waals surface area (Å²) in [7, 11) is 0. The number of carbonyl (C=O) groups excluding carboxylic acids is 2. The average Bonchev–Trinajstić information content (AvgIpc) is 3.16. The van der Waals surface area contributed by atoms with Gasteiger partial charge in [-0.05, 0) is 62.0 Å². The van der Waals surface area contributed by atoms with Crippen LogP contribution in [0.25, 0.3) is 6.08 Å². The number of hydrogen-bond acceptors (Lipinski definition) is 6. The summed E-state index contributed by atoms with van der Waals surface area (Å²) >= 11 is 0. The van der Waals surface area contributed by atoms with Gasteiger partial charge in [0.25, 0.3) is 0 Å². The van der Waals surface area contributed by atoms with Crippen molar-refractivity contribution in [3.63, 3.8) is 0 Å². The minimum Gasteiger partial charge on any atom is -0.507 e. The molecule has 1 heterocycles. The third-order valence-corrected chi connectivity index (χ3v) is 7.59. The highest BCUT2D eigenvalue weighted by atomic mass is 16.5. The largest absolute Gasteiger partial charge is 0.507 e. The number of aliphatic hydroxyl groups is 2. The standard InChI is InChI=1S/C31H37NO6/c1-3-15-32-30(36)24-17-22(19-38-23-10-5-4-6-11-23)28(25(18-33)29(24)31(32)37)27(35)14-13-20(2)16-21-9-7-8-12-26(21)34/h4-12,16,24-25,27,29,33-35H,3,13-15,17-19H2,1-2H3/b20-16+/t24-,25+,27-,29-/m1/s1. The Kier molecular flexibility index (Phi) is 9.02. The third kappa shape index (κ3) is 5.84. The van der Waals surface area contributed by atoms with Crippen molar-refractivity contribution in [2.24, 2.45) is 17.8 Å². The van der Waals surface area contributed by atoms with Crippen LogP contribution in [0, 0.1) is 17.8 Å². The lowest BCUT2D eigenvalue weighted by atomic mass is 9.68. The number of ether oxygens (including phenoxy) is 1. The summed E-state index contributed by atoms with van der Waals surface area (Å²) in [4.78, 5) is 27.8. The molecule has 2 aromatic carbocycles. The molecule has 0 unspecified atom stereocenters. The Balaban J connectivity index is 1.61. The molecule has 7 heteroatoms. The molecule has 38 heavy (non-hydrogen) atoms. The Labute approximate surface area is 224 Å². The van der Waals surface area contributed by atoms with Crippen LogP contribution in [0.1, 0.15) is 45.1 Å². The van der Waals surface area contributed by atoms with Crippen LogP contribution in [0.15, 0.2) is 71.3 Å². The van der Waals surface area contributed by atoms with Gasteiger partial charge >= 0.3 is 0 Å². The van der Waals surface area contributed by atoms with E-state index in [-0.39, 0.29) is 30.8 Å². The fraction of sp³-hybridized carbons (Fsp3) is 0.419. The number of carbonyl (C=O) groups is 2. The summed E-state index contributed by atoms with van der Waals surface area (Å²) in [5, 5.41) is 32.0. The average molecular weight is 520 g/mol. The Morgan fingerprint density at radius 2 is 1.82 bits per heavy atom. The molecule has 2 amide bonds. The van der Waals surface area contributed by atoms with Gasteiger partial charge in [-0.2, -0.15) is 0 Å². The number of amides is 2. The van der Waals surface area contributed by atoms with Crippen LogP contribution in [0.2, 0.25) is 0 Å². The molecule has 1 aliphatic heterocycles. The van der Waals surface area contributed by atoms with Crippen molar-refractivity contribution in [2.75, 3.05) is 19.8 Å². The van der Waals surface area contributed by atoms with Gasteiger partial charge in [0.2, 0.25) is 11.8 Å². The molecule has 202 valence electrons. The lowest BCUT2D eigenvalue weighted by Gasteiger charge is -2.36. The topological polar surface area (TPSA) is 107 Å². The molecular weight excluding hydrogens is 482 g/mol. The van der Waals surface area contributed by atoms with Gasteiger partial charge in [0.1, 0.15) is 18.1 Å². The minimum absolute atomic E-state index is 0.165. The molecule has 0 spiro atoms. The Morgan fingerprint density at radius 1 is 1.11 bits per heavy atom. The number of phenols is 1. The summed E-state index contributed by atoms with van der Waals surface area (Å²) in [5.74, 6) is -1.49. The first kappa shape index (κ1) is 27.6. The maximum absolute atomic E-state index is 13.3. The van der Waals surface area contributed by atoms with Crippen LogP contribution in [-0.2, 0) is 9.59 Å². The van der Waals surface area contributed by atoms with Gasteiger partial charge in [0, 0.05) is 18.0 Å². The van der Waals surface area contributed by atoms with E-state index in [0.717, 1.165) is 11.1 Å². The molecular formula is C31H37NO6. The lowest BCUT2D eigenvalue weighted by molar-refractivity contribution is -0.140. The lowest BCUT2D eigenvalue weighted by Crippen LogP contribution is -2.40. The van der Waals surface area contributed by atoms with Crippen LogP contribution in [-0.4, -0.2) is 57.9 Å². The smallest absolute Gasteiger partial charge is 0.233 e. The van der Waals surface area contributed by atoms with Crippen LogP contribution >= 0.6 is 0 Å². The summed E-state index contributed by atoms with van der Waals surface area (Å²) in [6.45, 7) is 4.04. The number of aliphatic hydroxyl groups excluding tert-OH is 2. The van der Waals surface area contributed by atoms with E-state index in [1.165, 1.54) is 4.90 Å². The summed E-state index contributed by atoms with van der Waals surface area (Å²) in [6, 6.07) is 16.4. The Morgan fingerprint density at radius 3 is 2.50 bits per heavy atom. The van der Waals surface area contributed by atoms with Crippen LogP contribution in [0.5, 0.6) is 11.5 Å². The molecule has 2 aliphatic rings. The molecule has 0 bridgehead atoms. The van der Waals surface area contributed by atoms with Gasteiger partial charge in [-0.25, -0.2) is 0 Å². The van der Waals surface area contributed by atoms with Crippen molar-refractivity contribution in [1.82, 2.24) is 4.90 Å². The number of para-hydroxylation sites is 2. The maximum atomic E-state index is 13.3. The number of nitrogens with zero attached hydrogens (tertiary/aromatic N) is 1. The molecule has 3 N–H and O–H groups in total. The highest BCUT2D eigenvalue weighted by molar-refractivity contribution is 6.05. The van der Waals surface area contributed by atoms with Gasteiger partial charge in [0.15, 0.2) is 0 Å². The number of fused-ring (bicyclic) bond motifs is 1. The van der Waals surface area contributed by atoms with Crippen molar-refractivity contribution < 1.29 is 29.6 Å². The SMILES string of the molecule is CCCN1C(=O)[C@@H]2[C@@H](CC(COc3ccccc3)=C([C@H](O)CC/C(C)=C/c3ccccc3O)[C@@H]2CO)C1=O. The van der Waals surface area contributed by atoms with E-state index in [4.69, 9.17) is 4.74 Å². The normalized spacial score (nSPS) is 22.6. The van der Waals surface area contributed by atoms with E-state index in [9.17, 15) is 24.9 Å². The number of phenolic OH excluding ortho intramolecular Hbond substituents is 1. The quantitative estimate of drug-likeness (QED) is 0.301. The fourth-order valence-corrected chi connectivity index (χ4v) is 5.76. The number of rotatable bonds is 11. The molecule has 4 rings (SSSR count). The summed E-state index contributed by atoms with van der Waals surface area (Å²) in [5.41, 5.74) is 3.06. The predicted molar refractivity (Wildman–Crippen MR) is 145 cm³/mol. The van der Waals surface area contributed by atoms with Gasteiger partial charge in [-0.15, -0.1) is 0 Å². The molecule has 0 radical (unpaired) electrons. The van der Waals surface area contributed by atoms with Gasteiger partial charge in [-0.3, -0.25) is 14.5 Å². The molecule has 0 aromatic heterocycles. The van der Waals surface area contributed by atoms with Crippen molar-refractivity contribution in [3.8, 4) is 11.5 Å². The van der Waals surface area contributed by atoms with E-state index in [1.54, 1.807) is 12.1 Å². The zero-order valence-corrected chi connectivity index (χ0v) is 22.0. The molecule has 2 aromatic rings. The third-order valence-electron chi connectivity index (χ3n) is 7.59. The zero-order valence-electron chi connectivity index (χ0n) is 22.0. The Bertz CT molecular complexity index is 1200. The monoisotopic (exact) mass is 519 g/mol. The number of imide groups is 1. The van der Waals surface area contributed by atoms with E-state index < -0.39 is 23.9 Å². The molecule has 4 atom stereocenters. The number of benzene rings is 2. The van der Waals surface area contributed by atoms with Crippen molar-refractivity contribution in [3.05, 3.63) is 76.9 Å². The molecule has 7 nitrogen and oxygen atoms in total. The van der Waals surface area contributed by atoms with Gasteiger partial charge in [0.05, 0.1) is 24.5 Å². The molecule has 1 fully saturated rings. The van der Waals surface area contributed by atoms with E-state index >= 15 is 0 Å². The van der Waals surface area contributed by atoms with E-state index in [0.29, 0.717) is 49.1 Å². The molecule has 1 aliphatic carbocycles. The Hall–Kier alpha value is -3.42. The first-order chi connectivity index (χ1) is 18.3. The van der Waals surface area contributed by atoms with Gasteiger partial charge < -0.3 is 20.1 Å². The predicted octanol–water partition coefficient (Wildman–Crippen LogP) is 4.34. The van der Waals surface area contributed by atoms with E-state index in [1.807, 2.05) is 62.4 Å². The molecule has 0 saturated carbocycles. The van der Waals surface area contributed by atoms with E-state index in [2.05, 4.69) is 0 Å². The summed E-state index contributed by atoms with van der Waals surface area (Å²) in [6.07, 6.45) is 2.87. The highest BCUT2D eigenvalue weighted by Crippen LogP contribution is 2.46.